The van der Waals surface area contributed by atoms with Crippen LogP contribution < -0.4 is 0 Å². The van der Waals surface area contributed by atoms with Gasteiger partial charge in [0.15, 0.2) is 0 Å². The highest BCUT2D eigenvalue weighted by molar-refractivity contribution is 7.43. The molecule has 0 aliphatic carbocycles. The largest absolute Gasteiger partial charge is 0.537 e. The summed E-state index contributed by atoms with van der Waals surface area (Å²) in [6.45, 7) is 0. The molecule has 0 aromatic carbocycles. The van der Waals surface area contributed by atoms with Crippen molar-refractivity contribution in [3.05, 3.63) is 0 Å². The Bertz CT molecular complexity index is 426. The lowest BCUT2D eigenvalue weighted by atomic mass is 10.5. The van der Waals surface area contributed by atoms with E-state index in [1.807, 2.05) is 0 Å². The van der Waals surface area contributed by atoms with Crippen LogP contribution in [0.1, 0.15) is 19.3 Å². The van der Waals surface area contributed by atoms with E-state index in [1.165, 1.54) is 0 Å². The van der Waals surface area contributed by atoms with E-state index in [0.717, 1.165) is 0 Å². The van der Waals surface area contributed by atoms with E-state index < -0.39 is 63.7 Å². The van der Waals surface area contributed by atoms with E-state index >= 15 is 0 Å². The second-order valence-corrected chi connectivity index (χ2v) is 4.32. The molecule has 0 atom stereocenters. The number of hydrogen-bond donors (Lipinski definition) is 3. The van der Waals surface area contributed by atoms with E-state index in [1.54, 1.807) is 0 Å². The van der Waals surface area contributed by atoms with Crippen molar-refractivity contribution in [1.29, 1.82) is 0 Å². The summed E-state index contributed by atoms with van der Waals surface area (Å²) < 4.78 is 12.7. The fourth-order valence-electron chi connectivity index (χ4n) is 0.773. The molecule has 0 fully saturated rings. The van der Waals surface area contributed by atoms with Crippen molar-refractivity contribution in [3.63, 3.8) is 0 Å². The monoisotopic (exact) mass is 340 g/mol. The minimum absolute atomic E-state index is 1.15. The van der Waals surface area contributed by atoms with Crippen LogP contribution in [0, 0.1) is 0 Å². The van der Waals surface area contributed by atoms with Gasteiger partial charge in [-0.1, -0.05) is 0 Å². The third kappa shape index (κ3) is 10.1. The Kier molecular flexibility index (Phi) is 8.08. The lowest BCUT2D eigenvalue weighted by Crippen LogP contribution is -2.16. The molecule has 0 unspecified atom stereocenters. The Morgan fingerprint density at radius 2 is 0.818 bits per heavy atom. The van der Waals surface area contributed by atoms with Crippen molar-refractivity contribution in [2.75, 3.05) is 0 Å². The molecular formula is C9H9O12P. The molecule has 0 heterocycles. The zero-order chi connectivity index (χ0) is 17.3. The molecule has 0 aromatic heterocycles. The molecule has 0 amide bonds. The second-order valence-electron chi connectivity index (χ2n) is 3.33. The van der Waals surface area contributed by atoms with Crippen LogP contribution in [0.25, 0.3) is 0 Å². The molecule has 0 spiro atoms. The predicted octanol–water partition coefficient (Wildman–Crippen LogP) is -0.733. The van der Waals surface area contributed by atoms with Gasteiger partial charge >= 0.3 is 44.4 Å². The van der Waals surface area contributed by atoms with Crippen LogP contribution in [0.2, 0.25) is 0 Å². The maximum Gasteiger partial charge on any atom is 0.537 e. The van der Waals surface area contributed by atoms with Crippen molar-refractivity contribution in [2.24, 2.45) is 0 Å². The van der Waals surface area contributed by atoms with Crippen molar-refractivity contribution in [2.45, 2.75) is 19.3 Å². The molecule has 0 aliphatic rings. The van der Waals surface area contributed by atoms with Gasteiger partial charge in [-0.15, -0.1) is 0 Å². The Hall–Kier alpha value is -2.75. The Morgan fingerprint density at radius 3 is 1.00 bits per heavy atom. The van der Waals surface area contributed by atoms with Gasteiger partial charge in [-0.05, 0) is 0 Å². The smallest absolute Gasteiger partial charge is 0.481 e. The molecule has 0 bridgehead atoms. The van der Waals surface area contributed by atoms with E-state index in [9.17, 15) is 28.8 Å². The van der Waals surface area contributed by atoms with Crippen LogP contribution in [0.4, 0.5) is 0 Å². The molecule has 3 N–H and O–H groups in total. The van der Waals surface area contributed by atoms with Crippen LogP contribution in [0.5, 0.6) is 0 Å². The molecule has 0 saturated heterocycles. The average Bonchev–Trinajstić information content (AvgIpc) is 2.23. The van der Waals surface area contributed by atoms with E-state index in [2.05, 4.69) is 13.6 Å². The minimum atomic E-state index is -3.11. The predicted molar refractivity (Wildman–Crippen MR) is 62.0 cm³/mol. The lowest BCUT2D eigenvalue weighted by Gasteiger charge is -2.13. The molecule has 122 valence electrons. The third-order valence-electron chi connectivity index (χ3n) is 1.42. The van der Waals surface area contributed by atoms with Crippen LogP contribution in [0.15, 0.2) is 0 Å². The Morgan fingerprint density at radius 1 is 0.591 bits per heavy atom. The third-order valence-corrected chi connectivity index (χ3v) is 2.47. The highest BCUT2D eigenvalue weighted by Gasteiger charge is 2.29. The number of aliphatic carboxylic acids is 3. The molecule has 22 heavy (non-hydrogen) atoms. The Balaban J connectivity index is 4.74. The summed E-state index contributed by atoms with van der Waals surface area (Å²) in [5, 5.41) is 25.0. The first kappa shape index (κ1) is 19.2. The topological polar surface area (TPSA) is 191 Å². The number of carboxylic acid groups (broad SMARTS) is 3. The zero-order valence-electron chi connectivity index (χ0n) is 10.6. The lowest BCUT2D eigenvalue weighted by molar-refractivity contribution is -0.147. The van der Waals surface area contributed by atoms with E-state index in [-0.39, 0.29) is 0 Å². The van der Waals surface area contributed by atoms with Crippen LogP contribution in [0.3, 0.4) is 0 Å². The molecule has 0 rings (SSSR count). The summed E-state index contributed by atoms with van der Waals surface area (Å²) in [7, 11) is -3.11. The summed E-state index contributed by atoms with van der Waals surface area (Å²) in [6.07, 6.45) is -3.44. The normalized spacial score (nSPS) is 9.68. The quantitative estimate of drug-likeness (QED) is 0.352. The second kappa shape index (κ2) is 9.23. The number of carboxylic acids is 3. The molecule has 0 saturated carbocycles. The standard InChI is InChI=1S/C9H9O12P/c10-4(11)1-7(16)19-22(20-8(17)2-5(12)13)21-9(18)3-6(14)15/h1-3H2,(H,10,11)(H,12,13)(H,14,15). The highest BCUT2D eigenvalue weighted by atomic mass is 31.2. The van der Waals surface area contributed by atoms with Crippen molar-refractivity contribution in [1.82, 2.24) is 0 Å². The van der Waals surface area contributed by atoms with Crippen molar-refractivity contribution >= 4 is 44.4 Å². The molecular weight excluding hydrogens is 331 g/mol. The summed E-state index contributed by atoms with van der Waals surface area (Å²) in [4.78, 5) is 64.0. The first-order chi connectivity index (χ1) is 10.1. The number of carbonyl (C=O) groups is 6. The molecule has 12 nitrogen and oxygen atoms in total. The minimum Gasteiger partial charge on any atom is -0.481 e. The van der Waals surface area contributed by atoms with Crippen LogP contribution in [-0.4, -0.2) is 51.1 Å². The van der Waals surface area contributed by atoms with Gasteiger partial charge in [0, 0.05) is 0 Å². The molecule has 13 heteroatoms. The van der Waals surface area contributed by atoms with Gasteiger partial charge in [0.25, 0.3) is 0 Å². The first-order valence-electron chi connectivity index (χ1n) is 5.18. The fourth-order valence-corrected chi connectivity index (χ4v) is 1.58. The zero-order valence-corrected chi connectivity index (χ0v) is 11.5. The maximum atomic E-state index is 11.1. The SMILES string of the molecule is O=C(O)CC(=O)OP(OC(=O)CC(=O)O)OC(=O)CC(=O)O. The Labute approximate surface area is 122 Å². The molecule has 0 aromatic rings. The van der Waals surface area contributed by atoms with Gasteiger partial charge in [0.05, 0.1) is 0 Å². The summed E-state index contributed by atoms with van der Waals surface area (Å²) in [6, 6.07) is 0. The number of hydrogen-bond acceptors (Lipinski definition) is 9. The number of rotatable bonds is 9. The average molecular weight is 340 g/mol. The van der Waals surface area contributed by atoms with Gasteiger partial charge in [0.2, 0.25) is 0 Å². The first-order valence-corrected chi connectivity index (χ1v) is 6.27. The van der Waals surface area contributed by atoms with Gasteiger partial charge in [-0.2, -0.15) is 0 Å². The van der Waals surface area contributed by atoms with E-state index in [4.69, 9.17) is 15.3 Å². The van der Waals surface area contributed by atoms with E-state index in [0.29, 0.717) is 0 Å². The van der Waals surface area contributed by atoms with Crippen molar-refractivity contribution < 1.29 is 57.7 Å². The summed E-state index contributed by atoms with van der Waals surface area (Å²) in [5.74, 6) is -9.09. The highest BCUT2D eigenvalue weighted by Crippen LogP contribution is 2.41. The van der Waals surface area contributed by atoms with Crippen LogP contribution >= 0.6 is 8.60 Å². The maximum absolute atomic E-state index is 11.1. The van der Waals surface area contributed by atoms with Crippen molar-refractivity contribution in [3.8, 4) is 0 Å². The van der Waals surface area contributed by atoms with Gasteiger partial charge in [-0.3, -0.25) is 28.8 Å². The van der Waals surface area contributed by atoms with Gasteiger partial charge in [0.1, 0.15) is 19.3 Å². The van der Waals surface area contributed by atoms with Gasteiger partial charge < -0.3 is 28.9 Å². The van der Waals surface area contributed by atoms with Crippen LogP contribution in [-0.2, 0) is 42.3 Å². The summed E-state index contributed by atoms with van der Waals surface area (Å²) >= 11 is 0. The number of carbonyl (C=O) groups excluding carboxylic acids is 3. The van der Waals surface area contributed by atoms with Gasteiger partial charge in [-0.25, -0.2) is 0 Å². The summed E-state index contributed by atoms with van der Waals surface area (Å²) in [5.41, 5.74) is 0. The molecule has 0 aliphatic heterocycles. The molecule has 0 radical (unpaired) electrons. The fraction of sp³-hybridized carbons (Fsp3) is 0.333.